The Morgan fingerprint density at radius 2 is 1.80 bits per heavy atom. The van der Waals surface area contributed by atoms with Gasteiger partial charge in [0.25, 0.3) is 0 Å². The fourth-order valence-corrected chi connectivity index (χ4v) is 2.39. The van der Waals surface area contributed by atoms with Crippen molar-refractivity contribution < 1.29 is 14.1 Å². The van der Waals surface area contributed by atoms with Crippen LogP contribution in [-0.4, -0.2) is 26.4 Å². The highest BCUT2D eigenvalue weighted by Gasteiger charge is 2.09. The number of hydrogen-bond donors (Lipinski definition) is 0. The average molecular weight is 226 g/mol. The van der Waals surface area contributed by atoms with Gasteiger partial charge in [-0.2, -0.15) is 0 Å². The molecule has 0 aliphatic rings. The van der Waals surface area contributed by atoms with Crippen LogP contribution in [0.3, 0.4) is 0 Å². The second-order valence-electron chi connectivity index (χ2n) is 3.92. The Morgan fingerprint density at radius 3 is 2.20 bits per heavy atom. The van der Waals surface area contributed by atoms with E-state index in [4.69, 9.17) is 0 Å². The third-order valence-electron chi connectivity index (χ3n) is 1.94. The van der Waals surface area contributed by atoms with Gasteiger partial charge in [-0.1, -0.05) is 12.1 Å². The van der Waals surface area contributed by atoms with E-state index in [1.807, 2.05) is 12.1 Å². The van der Waals surface area contributed by atoms with Gasteiger partial charge in [0.15, 0.2) is 0 Å². The van der Waals surface area contributed by atoms with Gasteiger partial charge in [0, 0.05) is 6.16 Å². The maximum absolute atomic E-state index is 11.6. The maximum Gasteiger partial charge on any atom is 0.337 e. The SMILES string of the molecule is COC(=O)c1ccc(CP(C)(C)=O)cc1. The maximum atomic E-state index is 11.6. The van der Waals surface area contributed by atoms with Gasteiger partial charge in [-0.3, -0.25) is 0 Å². The van der Waals surface area contributed by atoms with Crippen LogP contribution in [0.2, 0.25) is 0 Å². The van der Waals surface area contributed by atoms with Crippen LogP contribution in [0.1, 0.15) is 15.9 Å². The van der Waals surface area contributed by atoms with Crippen LogP contribution in [0.15, 0.2) is 24.3 Å². The Labute approximate surface area is 89.8 Å². The molecule has 1 aromatic carbocycles. The molecule has 0 aromatic heterocycles. The van der Waals surface area contributed by atoms with Crippen LogP contribution in [0.25, 0.3) is 0 Å². The van der Waals surface area contributed by atoms with Crippen LogP contribution >= 0.6 is 7.14 Å². The zero-order chi connectivity index (χ0) is 11.5. The molecule has 15 heavy (non-hydrogen) atoms. The standard InChI is InChI=1S/C11H15O3P/c1-14-11(12)10-6-4-9(5-7-10)8-15(2,3)13/h4-7H,8H2,1-3H3. The van der Waals surface area contributed by atoms with Crippen LogP contribution in [-0.2, 0) is 15.5 Å². The third-order valence-corrected chi connectivity index (χ3v) is 3.07. The summed E-state index contributed by atoms with van der Waals surface area (Å²) < 4.78 is 16.2. The highest BCUT2D eigenvalue weighted by atomic mass is 31.2. The lowest BCUT2D eigenvalue weighted by Gasteiger charge is -2.06. The quantitative estimate of drug-likeness (QED) is 0.587. The van der Waals surface area contributed by atoms with Crippen molar-refractivity contribution in [3.8, 4) is 0 Å². The van der Waals surface area contributed by atoms with E-state index in [0.29, 0.717) is 11.7 Å². The van der Waals surface area contributed by atoms with Gasteiger partial charge < -0.3 is 9.30 Å². The Morgan fingerprint density at radius 1 is 1.27 bits per heavy atom. The largest absolute Gasteiger partial charge is 0.465 e. The summed E-state index contributed by atoms with van der Waals surface area (Å²) >= 11 is 0. The lowest BCUT2D eigenvalue weighted by molar-refractivity contribution is 0.0600. The molecule has 0 radical (unpaired) electrons. The first-order valence-corrected chi connectivity index (χ1v) is 7.42. The van der Waals surface area contributed by atoms with Gasteiger partial charge in [0.1, 0.15) is 0 Å². The molecule has 0 atom stereocenters. The first-order valence-electron chi connectivity index (χ1n) is 4.63. The minimum atomic E-state index is -2.05. The second kappa shape index (κ2) is 4.63. The highest BCUT2D eigenvalue weighted by Crippen LogP contribution is 2.40. The van der Waals surface area contributed by atoms with Crippen LogP contribution in [0.4, 0.5) is 0 Å². The predicted octanol–water partition coefficient (Wildman–Crippen LogP) is 2.60. The van der Waals surface area contributed by atoms with Crippen molar-refractivity contribution in [2.45, 2.75) is 6.16 Å². The molecule has 0 saturated carbocycles. The number of carbonyl (C=O) groups is 1. The zero-order valence-corrected chi connectivity index (χ0v) is 10.1. The van der Waals surface area contributed by atoms with E-state index in [9.17, 15) is 9.36 Å². The van der Waals surface area contributed by atoms with Gasteiger partial charge in [-0.25, -0.2) is 4.79 Å². The molecule has 1 rings (SSSR count). The molecule has 3 nitrogen and oxygen atoms in total. The van der Waals surface area contributed by atoms with Crippen molar-refractivity contribution in [3.05, 3.63) is 35.4 Å². The summed E-state index contributed by atoms with van der Waals surface area (Å²) in [5, 5.41) is 0. The van der Waals surface area contributed by atoms with Crippen molar-refractivity contribution in [1.82, 2.24) is 0 Å². The van der Waals surface area contributed by atoms with Crippen molar-refractivity contribution in [2.75, 3.05) is 20.4 Å². The smallest absolute Gasteiger partial charge is 0.337 e. The Bertz CT molecular complexity index is 389. The van der Waals surface area contributed by atoms with Gasteiger partial charge in [-0.05, 0) is 31.0 Å². The molecule has 0 saturated heterocycles. The van der Waals surface area contributed by atoms with E-state index in [2.05, 4.69) is 4.74 Å². The molecule has 0 spiro atoms. The van der Waals surface area contributed by atoms with Gasteiger partial charge >= 0.3 is 5.97 Å². The first kappa shape index (κ1) is 12.0. The molecule has 4 heteroatoms. The van der Waals surface area contributed by atoms with Crippen LogP contribution in [0.5, 0.6) is 0 Å². The first-order chi connectivity index (χ1) is 6.92. The Kier molecular flexibility index (Phi) is 3.70. The van der Waals surface area contributed by atoms with E-state index in [1.165, 1.54) is 7.11 Å². The Hall–Kier alpha value is -1.08. The molecule has 0 heterocycles. The summed E-state index contributed by atoms with van der Waals surface area (Å²) in [6.45, 7) is 3.50. The van der Waals surface area contributed by atoms with E-state index in [0.717, 1.165) is 5.56 Å². The summed E-state index contributed by atoms with van der Waals surface area (Å²) in [6, 6.07) is 7.01. The van der Waals surface area contributed by atoms with E-state index < -0.39 is 7.14 Å². The molecular formula is C11H15O3P. The third kappa shape index (κ3) is 3.88. The van der Waals surface area contributed by atoms with Gasteiger partial charge in [0.05, 0.1) is 19.8 Å². The summed E-state index contributed by atoms with van der Waals surface area (Å²) in [6.07, 6.45) is 0.564. The summed E-state index contributed by atoms with van der Waals surface area (Å²) in [4.78, 5) is 11.1. The molecule has 0 amide bonds. The summed E-state index contributed by atoms with van der Waals surface area (Å²) in [7, 11) is -0.700. The van der Waals surface area contributed by atoms with Crippen LogP contribution in [0, 0.1) is 0 Å². The molecule has 0 aliphatic heterocycles. The van der Waals surface area contributed by atoms with Crippen molar-refractivity contribution >= 4 is 13.1 Å². The molecule has 0 bridgehead atoms. The number of benzene rings is 1. The lowest BCUT2D eigenvalue weighted by Crippen LogP contribution is -2.00. The minimum absolute atomic E-state index is 0.349. The zero-order valence-electron chi connectivity index (χ0n) is 9.19. The van der Waals surface area contributed by atoms with Crippen molar-refractivity contribution in [1.29, 1.82) is 0 Å². The fraction of sp³-hybridized carbons (Fsp3) is 0.364. The molecular weight excluding hydrogens is 211 g/mol. The molecule has 1 aromatic rings. The molecule has 0 fully saturated rings. The molecule has 0 unspecified atom stereocenters. The minimum Gasteiger partial charge on any atom is -0.465 e. The average Bonchev–Trinajstić information content (AvgIpc) is 2.15. The summed E-state index contributed by atoms with van der Waals surface area (Å²) in [5.74, 6) is -0.349. The number of esters is 1. The monoisotopic (exact) mass is 226 g/mol. The fourth-order valence-electron chi connectivity index (χ4n) is 1.30. The van der Waals surface area contributed by atoms with E-state index in [1.54, 1.807) is 25.5 Å². The lowest BCUT2D eigenvalue weighted by atomic mass is 10.1. The van der Waals surface area contributed by atoms with E-state index >= 15 is 0 Å². The van der Waals surface area contributed by atoms with E-state index in [-0.39, 0.29) is 5.97 Å². The van der Waals surface area contributed by atoms with Crippen molar-refractivity contribution in [2.24, 2.45) is 0 Å². The normalized spacial score (nSPS) is 11.1. The molecule has 0 aliphatic carbocycles. The summed E-state index contributed by atoms with van der Waals surface area (Å²) in [5.41, 5.74) is 1.50. The topological polar surface area (TPSA) is 43.4 Å². The number of carbonyl (C=O) groups excluding carboxylic acids is 1. The number of rotatable bonds is 3. The Balaban J connectivity index is 2.81. The van der Waals surface area contributed by atoms with Crippen molar-refractivity contribution in [3.63, 3.8) is 0 Å². The number of methoxy groups -OCH3 is 1. The van der Waals surface area contributed by atoms with Gasteiger partial charge in [0.2, 0.25) is 0 Å². The molecule has 0 N–H and O–H groups in total. The predicted molar refractivity (Wildman–Crippen MR) is 60.9 cm³/mol. The van der Waals surface area contributed by atoms with Gasteiger partial charge in [-0.15, -0.1) is 0 Å². The second-order valence-corrected chi connectivity index (χ2v) is 7.38. The number of hydrogen-bond acceptors (Lipinski definition) is 3. The molecule has 82 valence electrons. The highest BCUT2D eigenvalue weighted by molar-refractivity contribution is 7.61. The number of ether oxygens (including phenoxy) is 1. The van der Waals surface area contributed by atoms with Crippen LogP contribution < -0.4 is 0 Å².